The number of rotatable bonds is 6. The lowest BCUT2D eigenvalue weighted by Crippen LogP contribution is -2.25. The summed E-state index contributed by atoms with van der Waals surface area (Å²) in [5, 5.41) is 23.3. The van der Waals surface area contributed by atoms with Gasteiger partial charge >= 0.3 is 5.97 Å². The Morgan fingerprint density at radius 1 is 1.47 bits per heavy atom. The second-order valence-corrected chi connectivity index (χ2v) is 4.79. The van der Waals surface area contributed by atoms with Crippen molar-refractivity contribution in [3.8, 4) is 0 Å². The number of anilines is 1. The molecule has 0 saturated heterocycles. The van der Waals surface area contributed by atoms with Crippen LogP contribution in [0.25, 0.3) is 5.65 Å². The molecular formula is C11H16N6O2. The quantitative estimate of drug-likeness (QED) is 0.790. The van der Waals surface area contributed by atoms with E-state index in [9.17, 15) is 9.90 Å². The molecule has 0 saturated carbocycles. The second kappa shape index (κ2) is 5.59. The first-order chi connectivity index (χ1) is 9.08. The Hall–Kier alpha value is -2.25. The van der Waals surface area contributed by atoms with E-state index in [0.29, 0.717) is 30.3 Å². The predicted molar refractivity (Wildman–Crippen MR) is 67.6 cm³/mol. The minimum Gasteiger partial charge on any atom is -0.481 e. The third kappa shape index (κ3) is 3.15. The Morgan fingerprint density at radius 3 is 2.95 bits per heavy atom. The maximum Gasteiger partial charge on any atom is 0.308 e. The SMILES string of the molecule is CC(C)CC(CNc1cncc2nnnn12)C(=O)O. The lowest BCUT2D eigenvalue weighted by atomic mass is 9.97. The van der Waals surface area contributed by atoms with Crippen molar-refractivity contribution < 1.29 is 9.90 Å². The molecule has 0 bridgehead atoms. The van der Waals surface area contributed by atoms with Crippen molar-refractivity contribution in [1.82, 2.24) is 25.0 Å². The van der Waals surface area contributed by atoms with Crippen LogP contribution in [0.1, 0.15) is 20.3 Å². The molecule has 0 fully saturated rings. The van der Waals surface area contributed by atoms with Crippen LogP contribution < -0.4 is 5.32 Å². The molecule has 2 aromatic heterocycles. The van der Waals surface area contributed by atoms with Crippen LogP contribution >= 0.6 is 0 Å². The molecule has 102 valence electrons. The fraction of sp³-hybridized carbons (Fsp3) is 0.545. The Morgan fingerprint density at radius 2 is 2.26 bits per heavy atom. The fourth-order valence-electron chi connectivity index (χ4n) is 1.86. The highest BCUT2D eigenvalue weighted by molar-refractivity contribution is 5.70. The zero-order valence-corrected chi connectivity index (χ0v) is 10.8. The van der Waals surface area contributed by atoms with E-state index in [1.54, 1.807) is 6.20 Å². The number of hydrogen-bond donors (Lipinski definition) is 2. The van der Waals surface area contributed by atoms with Crippen LogP contribution in [0.3, 0.4) is 0 Å². The maximum atomic E-state index is 11.2. The average Bonchev–Trinajstić information content (AvgIpc) is 2.82. The van der Waals surface area contributed by atoms with Crippen LogP contribution in [0.4, 0.5) is 5.82 Å². The van der Waals surface area contributed by atoms with E-state index in [4.69, 9.17) is 0 Å². The van der Waals surface area contributed by atoms with Crippen molar-refractivity contribution in [2.75, 3.05) is 11.9 Å². The fourth-order valence-corrected chi connectivity index (χ4v) is 1.86. The first-order valence-corrected chi connectivity index (χ1v) is 6.06. The lowest BCUT2D eigenvalue weighted by Gasteiger charge is -2.15. The minimum atomic E-state index is -0.807. The van der Waals surface area contributed by atoms with Crippen LogP contribution in [0.2, 0.25) is 0 Å². The van der Waals surface area contributed by atoms with Crippen molar-refractivity contribution in [1.29, 1.82) is 0 Å². The van der Waals surface area contributed by atoms with E-state index >= 15 is 0 Å². The summed E-state index contributed by atoms with van der Waals surface area (Å²) in [6.07, 6.45) is 3.72. The number of carboxylic acids is 1. The zero-order chi connectivity index (χ0) is 13.8. The third-order valence-corrected chi connectivity index (χ3v) is 2.74. The summed E-state index contributed by atoms with van der Waals surface area (Å²) in [4.78, 5) is 15.2. The highest BCUT2D eigenvalue weighted by Gasteiger charge is 2.19. The molecule has 2 heterocycles. The summed E-state index contributed by atoms with van der Waals surface area (Å²) in [5.74, 6) is -0.354. The minimum absolute atomic E-state index is 0.314. The number of nitrogens with one attached hydrogen (secondary N) is 1. The van der Waals surface area contributed by atoms with Gasteiger partial charge in [0, 0.05) is 6.54 Å². The lowest BCUT2D eigenvalue weighted by molar-refractivity contribution is -0.141. The molecule has 0 aliphatic heterocycles. The van der Waals surface area contributed by atoms with Gasteiger partial charge in [0.2, 0.25) is 0 Å². The normalized spacial score (nSPS) is 12.8. The molecule has 0 radical (unpaired) electrons. The monoisotopic (exact) mass is 264 g/mol. The van der Waals surface area contributed by atoms with Gasteiger partial charge in [0.1, 0.15) is 5.82 Å². The molecule has 1 unspecified atom stereocenters. The smallest absolute Gasteiger partial charge is 0.308 e. The van der Waals surface area contributed by atoms with Crippen molar-refractivity contribution >= 4 is 17.4 Å². The predicted octanol–water partition coefficient (Wildman–Crippen LogP) is 0.678. The molecule has 0 spiro atoms. The summed E-state index contributed by atoms with van der Waals surface area (Å²) >= 11 is 0. The summed E-state index contributed by atoms with van der Waals surface area (Å²) in [6, 6.07) is 0. The van der Waals surface area contributed by atoms with Gasteiger partial charge in [-0.15, -0.1) is 5.10 Å². The number of aromatic nitrogens is 5. The van der Waals surface area contributed by atoms with E-state index in [1.807, 2.05) is 13.8 Å². The topological polar surface area (TPSA) is 105 Å². The Balaban J connectivity index is 2.08. The van der Waals surface area contributed by atoms with E-state index in [2.05, 4.69) is 25.8 Å². The molecule has 0 aliphatic rings. The maximum absolute atomic E-state index is 11.2. The van der Waals surface area contributed by atoms with Crippen LogP contribution in [-0.4, -0.2) is 42.6 Å². The first-order valence-electron chi connectivity index (χ1n) is 6.06. The van der Waals surface area contributed by atoms with Gasteiger partial charge in [-0.1, -0.05) is 13.8 Å². The number of carbonyl (C=O) groups is 1. The van der Waals surface area contributed by atoms with Crippen LogP contribution in [0.15, 0.2) is 12.4 Å². The Kier molecular flexibility index (Phi) is 3.88. The number of aliphatic carboxylic acids is 1. The van der Waals surface area contributed by atoms with Gasteiger partial charge in [0.25, 0.3) is 0 Å². The number of carboxylic acid groups (broad SMARTS) is 1. The van der Waals surface area contributed by atoms with Gasteiger partial charge in [-0.05, 0) is 22.8 Å². The zero-order valence-electron chi connectivity index (χ0n) is 10.8. The molecule has 8 heteroatoms. The highest BCUT2D eigenvalue weighted by atomic mass is 16.4. The highest BCUT2D eigenvalue weighted by Crippen LogP contribution is 2.14. The molecule has 1 atom stereocenters. The molecule has 2 aromatic rings. The van der Waals surface area contributed by atoms with Crippen LogP contribution in [-0.2, 0) is 4.79 Å². The van der Waals surface area contributed by atoms with E-state index < -0.39 is 11.9 Å². The largest absolute Gasteiger partial charge is 0.481 e. The third-order valence-electron chi connectivity index (χ3n) is 2.74. The molecule has 8 nitrogen and oxygen atoms in total. The first kappa shape index (κ1) is 13.2. The van der Waals surface area contributed by atoms with Crippen LogP contribution in [0.5, 0.6) is 0 Å². The number of tetrazole rings is 1. The molecule has 0 aliphatic carbocycles. The summed E-state index contributed by atoms with van der Waals surface area (Å²) in [5.41, 5.74) is 0.515. The number of fused-ring (bicyclic) bond motifs is 1. The second-order valence-electron chi connectivity index (χ2n) is 4.79. The van der Waals surface area contributed by atoms with Crippen molar-refractivity contribution in [3.05, 3.63) is 12.4 Å². The average molecular weight is 264 g/mol. The summed E-state index contributed by atoms with van der Waals surface area (Å²) in [6.45, 7) is 4.31. The molecule has 19 heavy (non-hydrogen) atoms. The Bertz CT molecular complexity index is 567. The van der Waals surface area contributed by atoms with Gasteiger partial charge in [-0.3, -0.25) is 9.78 Å². The van der Waals surface area contributed by atoms with Crippen molar-refractivity contribution in [2.24, 2.45) is 11.8 Å². The molecule has 0 aromatic carbocycles. The van der Waals surface area contributed by atoms with Gasteiger partial charge in [0.05, 0.1) is 18.3 Å². The molecule has 0 amide bonds. The molecule has 2 rings (SSSR count). The number of nitrogens with zero attached hydrogens (tertiary/aromatic N) is 5. The van der Waals surface area contributed by atoms with Gasteiger partial charge < -0.3 is 10.4 Å². The van der Waals surface area contributed by atoms with Gasteiger partial charge in [-0.25, -0.2) is 0 Å². The Labute approximate surface area is 109 Å². The summed E-state index contributed by atoms with van der Waals surface area (Å²) in [7, 11) is 0. The molecule has 2 N–H and O–H groups in total. The van der Waals surface area contributed by atoms with E-state index in [-0.39, 0.29) is 0 Å². The van der Waals surface area contributed by atoms with Crippen molar-refractivity contribution in [2.45, 2.75) is 20.3 Å². The van der Waals surface area contributed by atoms with E-state index in [0.717, 1.165) is 0 Å². The molecular weight excluding hydrogens is 248 g/mol. The van der Waals surface area contributed by atoms with Gasteiger partial charge in [0.15, 0.2) is 5.65 Å². The van der Waals surface area contributed by atoms with Crippen LogP contribution in [0, 0.1) is 11.8 Å². The summed E-state index contributed by atoms with van der Waals surface area (Å²) < 4.78 is 1.49. The van der Waals surface area contributed by atoms with Crippen molar-refractivity contribution in [3.63, 3.8) is 0 Å². The van der Waals surface area contributed by atoms with E-state index in [1.165, 1.54) is 10.7 Å². The van der Waals surface area contributed by atoms with Gasteiger partial charge in [-0.2, -0.15) is 4.52 Å². The number of hydrogen-bond acceptors (Lipinski definition) is 6. The standard InChI is InChI=1S/C11H16N6O2/c1-7(2)3-8(11(18)19)4-13-9-5-12-6-10-14-15-16-17(9)10/h5-8,13H,3-4H2,1-2H3,(H,18,19).